The lowest BCUT2D eigenvalue weighted by Crippen LogP contribution is -2.08. The topological polar surface area (TPSA) is 41.0 Å². The normalized spacial score (nSPS) is 10.9. The first-order chi connectivity index (χ1) is 10.6. The van der Waals surface area contributed by atoms with Crippen LogP contribution in [0.4, 0.5) is 17.2 Å². The van der Waals surface area contributed by atoms with Crippen LogP contribution < -0.4 is 10.2 Å². The van der Waals surface area contributed by atoms with E-state index in [1.54, 1.807) is 11.3 Å². The van der Waals surface area contributed by atoms with Gasteiger partial charge in [0.1, 0.15) is 10.6 Å². The molecule has 0 saturated carbocycles. The smallest absolute Gasteiger partial charge is 0.225 e. The Bertz CT molecular complexity index is 796. The molecule has 4 nitrogen and oxygen atoms in total. The number of rotatable bonds is 4. The molecular formula is C16H17ClN4S. The van der Waals surface area contributed by atoms with Gasteiger partial charge in [-0.15, -0.1) is 11.3 Å². The molecule has 1 N–H and O–H groups in total. The summed E-state index contributed by atoms with van der Waals surface area (Å²) in [4.78, 5) is 12.9. The SMILES string of the molecule is CCc1cc2c(Nc3ccc(N(C)C)cc3)nc(Cl)nc2s1. The van der Waals surface area contributed by atoms with E-state index in [9.17, 15) is 0 Å². The molecule has 3 rings (SSSR count). The van der Waals surface area contributed by atoms with E-state index in [4.69, 9.17) is 11.6 Å². The van der Waals surface area contributed by atoms with E-state index in [1.807, 2.05) is 26.2 Å². The maximum absolute atomic E-state index is 6.05. The highest BCUT2D eigenvalue weighted by Crippen LogP contribution is 2.32. The number of aryl methyl sites for hydroxylation is 1. The van der Waals surface area contributed by atoms with Crippen LogP contribution in [0.3, 0.4) is 0 Å². The maximum Gasteiger partial charge on any atom is 0.225 e. The molecule has 0 spiro atoms. The molecule has 0 unspecified atom stereocenters. The van der Waals surface area contributed by atoms with Gasteiger partial charge in [-0.3, -0.25) is 0 Å². The molecule has 0 radical (unpaired) electrons. The van der Waals surface area contributed by atoms with Gasteiger partial charge in [0.15, 0.2) is 0 Å². The van der Waals surface area contributed by atoms with Crippen LogP contribution >= 0.6 is 22.9 Å². The third kappa shape index (κ3) is 3.00. The van der Waals surface area contributed by atoms with E-state index >= 15 is 0 Å². The lowest BCUT2D eigenvalue weighted by atomic mass is 10.2. The number of anilines is 3. The second kappa shape index (κ2) is 6.10. The van der Waals surface area contributed by atoms with Gasteiger partial charge in [0.2, 0.25) is 5.28 Å². The van der Waals surface area contributed by atoms with Gasteiger partial charge in [0, 0.05) is 30.3 Å². The van der Waals surface area contributed by atoms with Crippen LogP contribution in [0.2, 0.25) is 5.28 Å². The first kappa shape index (κ1) is 15.1. The summed E-state index contributed by atoms with van der Waals surface area (Å²) in [6, 6.07) is 10.3. The first-order valence-corrected chi connectivity index (χ1v) is 8.26. The fraction of sp³-hybridized carbons (Fsp3) is 0.250. The van der Waals surface area contributed by atoms with Crippen LogP contribution in [0.15, 0.2) is 30.3 Å². The van der Waals surface area contributed by atoms with Crippen LogP contribution in [0.5, 0.6) is 0 Å². The van der Waals surface area contributed by atoms with Crippen LogP contribution in [0.1, 0.15) is 11.8 Å². The highest BCUT2D eigenvalue weighted by molar-refractivity contribution is 7.18. The summed E-state index contributed by atoms with van der Waals surface area (Å²) in [5, 5.41) is 4.63. The molecule has 0 fully saturated rings. The number of hydrogen-bond acceptors (Lipinski definition) is 5. The lowest BCUT2D eigenvalue weighted by molar-refractivity contribution is 1.13. The molecule has 22 heavy (non-hydrogen) atoms. The minimum absolute atomic E-state index is 0.268. The molecule has 0 saturated heterocycles. The Kier molecular flexibility index (Phi) is 4.18. The van der Waals surface area contributed by atoms with E-state index in [-0.39, 0.29) is 5.28 Å². The minimum atomic E-state index is 0.268. The highest BCUT2D eigenvalue weighted by atomic mass is 35.5. The zero-order valence-electron chi connectivity index (χ0n) is 12.7. The number of nitrogens with zero attached hydrogens (tertiary/aromatic N) is 3. The predicted molar refractivity (Wildman–Crippen MR) is 95.9 cm³/mol. The third-order valence-electron chi connectivity index (χ3n) is 3.41. The molecule has 2 aromatic heterocycles. The summed E-state index contributed by atoms with van der Waals surface area (Å²) < 4.78 is 0. The van der Waals surface area contributed by atoms with Crippen LogP contribution in [0.25, 0.3) is 10.2 Å². The van der Waals surface area contributed by atoms with Crippen LogP contribution in [-0.2, 0) is 6.42 Å². The zero-order valence-corrected chi connectivity index (χ0v) is 14.3. The molecule has 114 valence electrons. The van der Waals surface area contributed by atoms with Gasteiger partial charge in [-0.1, -0.05) is 6.92 Å². The quantitative estimate of drug-likeness (QED) is 0.702. The van der Waals surface area contributed by atoms with Gasteiger partial charge >= 0.3 is 0 Å². The molecule has 3 aromatic rings. The Balaban J connectivity index is 1.97. The van der Waals surface area contributed by atoms with Crippen molar-refractivity contribution in [3.05, 3.63) is 40.5 Å². The van der Waals surface area contributed by atoms with Crippen molar-refractivity contribution in [1.29, 1.82) is 0 Å². The zero-order chi connectivity index (χ0) is 15.7. The minimum Gasteiger partial charge on any atom is -0.378 e. The number of hydrogen-bond donors (Lipinski definition) is 1. The average Bonchev–Trinajstić information content (AvgIpc) is 2.91. The van der Waals surface area contributed by atoms with E-state index < -0.39 is 0 Å². The lowest BCUT2D eigenvalue weighted by Gasteiger charge is -2.13. The van der Waals surface area contributed by atoms with Crippen LogP contribution in [-0.4, -0.2) is 24.1 Å². The fourth-order valence-corrected chi connectivity index (χ4v) is 3.38. The standard InChI is InChI=1S/C16H17ClN4S/c1-4-12-9-13-14(19-16(17)20-15(13)22-12)18-10-5-7-11(8-6-10)21(2)3/h5-9H,4H2,1-3H3,(H,18,19,20). The van der Waals surface area contributed by atoms with E-state index in [1.165, 1.54) is 4.88 Å². The molecule has 2 heterocycles. The summed E-state index contributed by atoms with van der Waals surface area (Å²) >= 11 is 7.71. The van der Waals surface area contributed by atoms with Gasteiger partial charge in [-0.2, -0.15) is 4.98 Å². The van der Waals surface area contributed by atoms with Crippen LogP contribution in [0, 0.1) is 0 Å². The third-order valence-corrected chi connectivity index (χ3v) is 4.75. The Labute approximate surface area is 138 Å². The Morgan fingerprint density at radius 3 is 2.55 bits per heavy atom. The molecule has 0 aliphatic rings. The van der Waals surface area contributed by atoms with Crippen molar-refractivity contribution in [1.82, 2.24) is 9.97 Å². The summed E-state index contributed by atoms with van der Waals surface area (Å²) in [5.74, 6) is 0.753. The van der Waals surface area contributed by atoms with Crippen molar-refractivity contribution in [2.75, 3.05) is 24.3 Å². The highest BCUT2D eigenvalue weighted by Gasteiger charge is 2.11. The maximum atomic E-state index is 6.05. The number of fused-ring (bicyclic) bond motifs is 1. The predicted octanol–water partition coefficient (Wildman–Crippen LogP) is 4.72. The van der Waals surface area contributed by atoms with Gasteiger partial charge in [-0.25, -0.2) is 4.98 Å². The van der Waals surface area contributed by atoms with Crippen molar-refractivity contribution in [2.45, 2.75) is 13.3 Å². The number of benzene rings is 1. The number of aromatic nitrogens is 2. The number of nitrogens with one attached hydrogen (secondary N) is 1. The molecule has 0 atom stereocenters. The largest absolute Gasteiger partial charge is 0.378 e. The second-order valence-corrected chi connectivity index (χ2v) is 6.65. The molecule has 0 amide bonds. The van der Waals surface area contributed by atoms with Gasteiger partial charge in [0.25, 0.3) is 0 Å². The monoisotopic (exact) mass is 332 g/mol. The Morgan fingerprint density at radius 2 is 1.91 bits per heavy atom. The van der Waals surface area contributed by atoms with E-state index in [0.717, 1.165) is 33.8 Å². The molecular weight excluding hydrogens is 316 g/mol. The van der Waals surface area contributed by atoms with Crippen molar-refractivity contribution < 1.29 is 0 Å². The van der Waals surface area contributed by atoms with Crippen molar-refractivity contribution in [3.8, 4) is 0 Å². The molecule has 1 aromatic carbocycles. The fourth-order valence-electron chi connectivity index (χ4n) is 2.19. The number of thiophene rings is 1. The molecule has 0 aliphatic heterocycles. The summed E-state index contributed by atoms with van der Waals surface area (Å²) in [6.07, 6.45) is 0.982. The second-order valence-electron chi connectivity index (χ2n) is 5.19. The average molecular weight is 333 g/mol. The van der Waals surface area contributed by atoms with Gasteiger partial charge < -0.3 is 10.2 Å². The summed E-state index contributed by atoms with van der Waals surface area (Å²) in [7, 11) is 4.04. The summed E-state index contributed by atoms with van der Waals surface area (Å²) in [6.45, 7) is 2.13. The van der Waals surface area contributed by atoms with E-state index in [2.05, 4.69) is 45.3 Å². The van der Waals surface area contributed by atoms with Gasteiger partial charge in [-0.05, 0) is 48.4 Å². The first-order valence-electron chi connectivity index (χ1n) is 7.07. The molecule has 0 aliphatic carbocycles. The Hall–Kier alpha value is -1.85. The number of halogens is 1. The Morgan fingerprint density at radius 1 is 1.18 bits per heavy atom. The molecule has 0 bridgehead atoms. The van der Waals surface area contributed by atoms with Gasteiger partial charge in [0.05, 0.1) is 5.39 Å². The summed E-state index contributed by atoms with van der Waals surface area (Å²) in [5.41, 5.74) is 2.13. The molecule has 6 heteroatoms. The van der Waals surface area contributed by atoms with Crippen molar-refractivity contribution in [3.63, 3.8) is 0 Å². The van der Waals surface area contributed by atoms with Crippen molar-refractivity contribution >= 4 is 50.3 Å². The van der Waals surface area contributed by atoms with E-state index in [0.29, 0.717) is 0 Å². The van der Waals surface area contributed by atoms with Crippen molar-refractivity contribution in [2.24, 2.45) is 0 Å².